The standard InChI is InChI=1S/C31H29ClN4O2S/c1-19-7-15-24(16-8-19)36-31-28(29(34-36)21-9-11-22(32)12-10-21)30(25-6-4-3-5-20(25)2)39-18-27(38)35(31)17-26(37)33-23-13-14-23/h3-12,15-16,23,30H,13-14,17-18H2,1-2H3,(H,33,37)/t30-/m1/s1. The number of aryl methyl sites for hydroxylation is 2. The molecule has 0 unspecified atom stereocenters. The monoisotopic (exact) mass is 556 g/mol. The summed E-state index contributed by atoms with van der Waals surface area (Å²) in [6.45, 7) is 4.08. The fraction of sp³-hybridized carbons (Fsp3) is 0.258. The fourth-order valence-electron chi connectivity index (χ4n) is 4.98. The van der Waals surface area contributed by atoms with Crippen molar-refractivity contribution in [1.29, 1.82) is 0 Å². The van der Waals surface area contributed by atoms with Crippen LogP contribution in [0.2, 0.25) is 5.02 Å². The zero-order valence-electron chi connectivity index (χ0n) is 21.9. The minimum absolute atomic E-state index is 0.0546. The van der Waals surface area contributed by atoms with E-state index in [1.54, 1.807) is 16.7 Å². The molecular formula is C31H29ClN4O2S. The van der Waals surface area contributed by atoms with Gasteiger partial charge in [-0.25, -0.2) is 4.68 Å². The van der Waals surface area contributed by atoms with Crippen LogP contribution >= 0.6 is 23.4 Å². The van der Waals surface area contributed by atoms with Gasteiger partial charge in [-0.15, -0.1) is 11.8 Å². The van der Waals surface area contributed by atoms with Crippen LogP contribution in [0.15, 0.2) is 72.8 Å². The summed E-state index contributed by atoms with van der Waals surface area (Å²) in [5.74, 6) is 0.622. The van der Waals surface area contributed by atoms with Crippen molar-refractivity contribution in [3.63, 3.8) is 0 Å². The number of hydrogen-bond donors (Lipinski definition) is 1. The van der Waals surface area contributed by atoms with Crippen molar-refractivity contribution in [1.82, 2.24) is 15.1 Å². The number of nitrogens with one attached hydrogen (secondary N) is 1. The third-order valence-corrected chi connectivity index (χ3v) is 8.69. The molecule has 6 rings (SSSR count). The van der Waals surface area contributed by atoms with Crippen LogP contribution in [-0.2, 0) is 9.59 Å². The van der Waals surface area contributed by atoms with Crippen molar-refractivity contribution in [3.05, 3.63) is 100 Å². The van der Waals surface area contributed by atoms with Gasteiger partial charge in [0.1, 0.15) is 12.4 Å². The van der Waals surface area contributed by atoms with Crippen LogP contribution in [0.3, 0.4) is 0 Å². The lowest BCUT2D eigenvalue weighted by molar-refractivity contribution is -0.123. The van der Waals surface area contributed by atoms with Gasteiger partial charge in [0.05, 0.1) is 22.4 Å². The zero-order chi connectivity index (χ0) is 27.1. The Hall–Kier alpha value is -3.55. The van der Waals surface area contributed by atoms with Crippen LogP contribution in [-0.4, -0.2) is 39.9 Å². The van der Waals surface area contributed by atoms with E-state index in [0.717, 1.165) is 52.0 Å². The van der Waals surface area contributed by atoms with E-state index >= 15 is 0 Å². The highest BCUT2D eigenvalue weighted by atomic mass is 35.5. The molecule has 3 aromatic carbocycles. The lowest BCUT2D eigenvalue weighted by Gasteiger charge is -2.23. The highest BCUT2D eigenvalue weighted by molar-refractivity contribution is 8.00. The number of benzene rings is 3. The van der Waals surface area contributed by atoms with Gasteiger partial charge in [-0.2, -0.15) is 5.10 Å². The molecule has 2 aliphatic rings. The van der Waals surface area contributed by atoms with Crippen molar-refractivity contribution in [3.8, 4) is 16.9 Å². The number of fused-ring (bicyclic) bond motifs is 1. The molecule has 39 heavy (non-hydrogen) atoms. The number of carbonyl (C=O) groups is 2. The first kappa shape index (κ1) is 25.7. The van der Waals surface area contributed by atoms with Gasteiger partial charge in [-0.1, -0.05) is 65.7 Å². The van der Waals surface area contributed by atoms with Gasteiger partial charge in [0, 0.05) is 22.2 Å². The first-order valence-corrected chi connectivity index (χ1v) is 14.5. The summed E-state index contributed by atoms with van der Waals surface area (Å²) in [5, 5.41) is 8.67. The molecule has 198 valence electrons. The second kappa shape index (κ2) is 10.5. The van der Waals surface area contributed by atoms with E-state index in [1.165, 1.54) is 0 Å². The van der Waals surface area contributed by atoms with Crippen LogP contribution in [0.5, 0.6) is 0 Å². The van der Waals surface area contributed by atoms with Gasteiger partial charge in [0.25, 0.3) is 0 Å². The number of thioether (sulfide) groups is 1. The molecule has 1 aliphatic carbocycles. The first-order valence-electron chi connectivity index (χ1n) is 13.1. The quantitative estimate of drug-likeness (QED) is 0.304. The number of aromatic nitrogens is 2. The van der Waals surface area contributed by atoms with Gasteiger partial charge in [-0.05, 0) is 62.1 Å². The molecule has 0 radical (unpaired) electrons. The molecule has 0 saturated heterocycles. The minimum Gasteiger partial charge on any atom is -0.352 e. The predicted octanol–water partition coefficient (Wildman–Crippen LogP) is 6.26. The van der Waals surface area contributed by atoms with Crippen LogP contribution in [0.1, 0.15) is 40.3 Å². The second-order valence-corrected chi connectivity index (χ2v) is 11.7. The van der Waals surface area contributed by atoms with Gasteiger partial charge in [0.15, 0.2) is 0 Å². The Kier molecular flexibility index (Phi) is 6.95. The van der Waals surface area contributed by atoms with Crippen LogP contribution in [0.4, 0.5) is 5.82 Å². The SMILES string of the molecule is Cc1ccc(-n2nc(-c3ccc(Cl)cc3)c3c2N(CC(=O)NC2CC2)C(=O)CS[C@@H]3c2ccccc2C)cc1. The Morgan fingerprint density at radius 1 is 1.03 bits per heavy atom. The van der Waals surface area contributed by atoms with E-state index in [-0.39, 0.29) is 35.4 Å². The average Bonchev–Trinajstić information content (AvgIpc) is 3.68. The van der Waals surface area contributed by atoms with Crippen LogP contribution < -0.4 is 10.2 Å². The molecule has 2 heterocycles. The average molecular weight is 557 g/mol. The van der Waals surface area contributed by atoms with Crippen LogP contribution in [0.25, 0.3) is 16.9 Å². The van der Waals surface area contributed by atoms with Gasteiger partial charge < -0.3 is 5.32 Å². The van der Waals surface area contributed by atoms with E-state index in [0.29, 0.717) is 10.8 Å². The molecule has 1 saturated carbocycles. The van der Waals surface area contributed by atoms with Crippen molar-refractivity contribution in [2.75, 3.05) is 17.2 Å². The Labute approximate surface area is 237 Å². The number of nitrogens with zero attached hydrogens (tertiary/aromatic N) is 3. The van der Waals surface area contributed by atoms with E-state index in [4.69, 9.17) is 16.7 Å². The van der Waals surface area contributed by atoms with Gasteiger partial charge >= 0.3 is 0 Å². The maximum atomic E-state index is 13.8. The number of rotatable bonds is 6. The van der Waals surface area contributed by atoms with Crippen molar-refractivity contribution >= 4 is 41.0 Å². The molecule has 1 N–H and O–H groups in total. The summed E-state index contributed by atoms with van der Waals surface area (Å²) in [6, 6.07) is 24.2. The zero-order valence-corrected chi connectivity index (χ0v) is 23.4. The Bertz CT molecular complexity index is 1540. The number of hydrogen-bond acceptors (Lipinski definition) is 4. The normalized spacial score (nSPS) is 17.1. The Morgan fingerprint density at radius 3 is 2.44 bits per heavy atom. The molecule has 1 aliphatic heterocycles. The third-order valence-electron chi connectivity index (χ3n) is 7.20. The molecular weight excluding hydrogens is 528 g/mol. The molecule has 8 heteroatoms. The van der Waals surface area contributed by atoms with Gasteiger partial charge in [-0.3, -0.25) is 14.5 Å². The fourth-order valence-corrected chi connectivity index (χ4v) is 6.40. The topological polar surface area (TPSA) is 67.2 Å². The maximum Gasteiger partial charge on any atom is 0.240 e. The third kappa shape index (κ3) is 5.21. The number of halogens is 1. The van der Waals surface area contributed by atoms with E-state index in [2.05, 4.69) is 24.4 Å². The Balaban J connectivity index is 1.61. The first-order chi connectivity index (χ1) is 18.9. The van der Waals surface area contributed by atoms with Crippen molar-refractivity contribution < 1.29 is 9.59 Å². The van der Waals surface area contributed by atoms with E-state index < -0.39 is 0 Å². The van der Waals surface area contributed by atoms with E-state index in [9.17, 15) is 9.59 Å². The van der Waals surface area contributed by atoms with Gasteiger partial charge in [0.2, 0.25) is 11.8 Å². The molecule has 0 bridgehead atoms. The molecule has 1 fully saturated rings. The molecule has 2 amide bonds. The minimum atomic E-state index is -0.161. The Morgan fingerprint density at radius 2 is 1.74 bits per heavy atom. The number of carbonyl (C=O) groups excluding carboxylic acids is 2. The van der Waals surface area contributed by atoms with Crippen molar-refractivity contribution in [2.24, 2.45) is 0 Å². The smallest absolute Gasteiger partial charge is 0.240 e. The number of anilines is 1. The molecule has 1 atom stereocenters. The molecule has 0 spiro atoms. The lowest BCUT2D eigenvalue weighted by atomic mass is 9.96. The van der Waals surface area contributed by atoms with Crippen LogP contribution in [0, 0.1) is 13.8 Å². The highest BCUT2D eigenvalue weighted by Crippen LogP contribution is 2.49. The second-order valence-electron chi connectivity index (χ2n) is 10.2. The molecule has 6 nitrogen and oxygen atoms in total. The van der Waals surface area contributed by atoms with E-state index in [1.807, 2.05) is 72.3 Å². The maximum absolute atomic E-state index is 13.8. The number of amides is 2. The summed E-state index contributed by atoms with van der Waals surface area (Å²) in [4.78, 5) is 28.5. The van der Waals surface area contributed by atoms with Crippen molar-refractivity contribution in [2.45, 2.75) is 38.0 Å². The molecule has 4 aromatic rings. The summed E-state index contributed by atoms with van der Waals surface area (Å²) in [5.41, 5.74) is 6.80. The lowest BCUT2D eigenvalue weighted by Crippen LogP contribution is -2.43. The summed E-state index contributed by atoms with van der Waals surface area (Å²) >= 11 is 7.83. The largest absolute Gasteiger partial charge is 0.352 e. The highest BCUT2D eigenvalue weighted by Gasteiger charge is 2.38. The molecule has 1 aromatic heterocycles. The summed E-state index contributed by atoms with van der Waals surface area (Å²) in [6.07, 6.45) is 1.97. The summed E-state index contributed by atoms with van der Waals surface area (Å²) in [7, 11) is 0. The predicted molar refractivity (Wildman–Crippen MR) is 158 cm³/mol. The summed E-state index contributed by atoms with van der Waals surface area (Å²) < 4.78 is 1.83.